The zero-order valence-electron chi connectivity index (χ0n) is 11.0. The minimum absolute atomic E-state index is 0.227. The molecule has 2 rings (SSSR count). The van der Waals surface area contributed by atoms with Gasteiger partial charge < -0.3 is 15.2 Å². The molecular weight excluding hydrogens is 218 g/mol. The van der Waals surface area contributed by atoms with Crippen LogP contribution >= 0.6 is 0 Å². The lowest BCUT2D eigenvalue weighted by Gasteiger charge is -2.37. The Morgan fingerprint density at radius 1 is 1.24 bits per heavy atom. The summed E-state index contributed by atoms with van der Waals surface area (Å²) in [5.41, 5.74) is -1.24. The van der Waals surface area contributed by atoms with E-state index in [-0.39, 0.29) is 11.6 Å². The van der Waals surface area contributed by atoms with E-state index in [9.17, 15) is 9.90 Å². The van der Waals surface area contributed by atoms with Crippen molar-refractivity contribution >= 4 is 6.09 Å². The smallest absolute Gasteiger partial charge is 0.408 e. The third kappa shape index (κ3) is 2.92. The van der Waals surface area contributed by atoms with Crippen LogP contribution in [0.5, 0.6) is 0 Å². The van der Waals surface area contributed by atoms with Crippen molar-refractivity contribution in [3.05, 3.63) is 0 Å². The lowest BCUT2D eigenvalue weighted by atomic mass is 9.81. The average molecular weight is 241 g/mol. The molecule has 2 bridgehead atoms. The van der Waals surface area contributed by atoms with E-state index in [2.05, 4.69) is 5.32 Å². The summed E-state index contributed by atoms with van der Waals surface area (Å²) < 4.78 is 5.29. The van der Waals surface area contributed by atoms with Crippen molar-refractivity contribution in [1.82, 2.24) is 5.32 Å². The van der Waals surface area contributed by atoms with Crippen molar-refractivity contribution in [3.63, 3.8) is 0 Å². The fourth-order valence-electron chi connectivity index (χ4n) is 3.15. The Morgan fingerprint density at radius 2 is 1.94 bits per heavy atom. The van der Waals surface area contributed by atoms with Crippen LogP contribution < -0.4 is 5.32 Å². The lowest BCUT2D eigenvalue weighted by Crippen LogP contribution is -2.51. The number of carbonyl (C=O) groups is 1. The summed E-state index contributed by atoms with van der Waals surface area (Å²) in [5.74, 6) is 0. The van der Waals surface area contributed by atoms with E-state index in [0.29, 0.717) is 6.42 Å². The van der Waals surface area contributed by atoms with Gasteiger partial charge in [0, 0.05) is 5.54 Å². The van der Waals surface area contributed by atoms with Gasteiger partial charge in [0.1, 0.15) is 5.60 Å². The van der Waals surface area contributed by atoms with Crippen LogP contribution in [-0.2, 0) is 4.74 Å². The first-order valence-corrected chi connectivity index (χ1v) is 6.46. The number of aliphatic hydroxyl groups is 1. The predicted molar refractivity (Wildman–Crippen MR) is 64.8 cm³/mol. The molecule has 0 aromatic rings. The third-order valence-corrected chi connectivity index (χ3v) is 3.80. The minimum Gasteiger partial charge on any atom is -0.444 e. The summed E-state index contributed by atoms with van der Waals surface area (Å²) >= 11 is 0. The monoisotopic (exact) mass is 241 g/mol. The maximum absolute atomic E-state index is 11.8. The summed E-state index contributed by atoms with van der Waals surface area (Å²) in [6, 6.07) is 0. The summed E-state index contributed by atoms with van der Waals surface area (Å²) in [6.45, 7) is 5.57. The quantitative estimate of drug-likeness (QED) is 0.741. The number of ether oxygens (including phenoxy) is 1. The van der Waals surface area contributed by atoms with E-state index in [0.717, 1.165) is 32.1 Å². The zero-order chi connectivity index (χ0) is 12.7. The number of carbonyl (C=O) groups excluding carboxylic acids is 1. The van der Waals surface area contributed by atoms with Gasteiger partial charge in [0.25, 0.3) is 0 Å². The van der Waals surface area contributed by atoms with Crippen molar-refractivity contribution in [3.8, 4) is 0 Å². The molecule has 2 fully saturated rings. The highest BCUT2D eigenvalue weighted by atomic mass is 16.6. The molecule has 17 heavy (non-hydrogen) atoms. The minimum atomic E-state index is -0.548. The second kappa shape index (κ2) is 3.87. The topological polar surface area (TPSA) is 58.6 Å². The van der Waals surface area contributed by atoms with Crippen molar-refractivity contribution < 1.29 is 14.6 Å². The fraction of sp³-hybridized carbons (Fsp3) is 0.923. The van der Waals surface area contributed by atoms with Crippen LogP contribution in [0.3, 0.4) is 0 Å². The normalized spacial score (nSPS) is 36.7. The van der Waals surface area contributed by atoms with Crippen molar-refractivity contribution in [1.29, 1.82) is 0 Å². The van der Waals surface area contributed by atoms with E-state index in [1.165, 1.54) is 0 Å². The van der Waals surface area contributed by atoms with Crippen molar-refractivity contribution in [2.75, 3.05) is 0 Å². The maximum atomic E-state index is 11.8. The predicted octanol–water partition coefficient (Wildman–Crippen LogP) is 2.35. The Kier molecular flexibility index (Phi) is 2.89. The Bertz CT molecular complexity index is 323. The number of fused-ring (bicyclic) bond motifs is 2. The van der Waals surface area contributed by atoms with Crippen LogP contribution in [-0.4, -0.2) is 27.9 Å². The van der Waals surface area contributed by atoms with Gasteiger partial charge in [-0.1, -0.05) is 0 Å². The molecule has 2 aliphatic rings. The van der Waals surface area contributed by atoms with Gasteiger partial charge in [-0.2, -0.15) is 0 Å². The SMILES string of the molecule is CC(C)(C)OC(=O)NC12CCCC(O)(CC1)C2. The largest absolute Gasteiger partial charge is 0.444 e. The van der Waals surface area contributed by atoms with Crippen LogP contribution in [0.1, 0.15) is 59.3 Å². The Morgan fingerprint density at radius 3 is 2.59 bits per heavy atom. The van der Waals surface area contributed by atoms with Crippen molar-refractivity contribution in [2.45, 2.75) is 76.0 Å². The third-order valence-electron chi connectivity index (χ3n) is 3.80. The molecule has 2 unspecified atom stereocenters. The molecule has 4 nitrogen and oxygen atoms in total. The van der Waals surface area contributed by atoms with Gasteiger partial charge >= 0.3 is 6.09 Å². The molecule has 0 aromatic carbocycles. The van der Waals surface area contributed by atoms with Gasteiger partial charge in [-0.15, -0.1) is 0 Å². The Hall–Kier alpha value is -0.770. The Balaban J connectivity index is 1.97. The second-order valence-corrected chi connectivity index (χ2v) is 6.66. The molecule has 0 heterocycles. The van der Waals surface area contributed by atoms with E-state index >= 15 is 0 Å². The average Bonchev–Trinajstić information content (AvgIpc) is 2.33. The van der Waals surface area contributed by atoms with Gasteiger partial charge in [-0.25, -0.2) is 4.79 Å². The number of rotatable bonds is 1. The first kappa shape index (κ1) is 12.7. The molecule has 4 heteroatoms. The number of hydrogen-bond donors (Lipinski definition) is 2. The molecule has 2 aliphatic carbocycles. The summed E-state index contributed by atoms with van der Waals surface area (Å²) in [6.07, 6.45) is 4.78. The van der Waals surface area contributed by atoms with E-state index in [1.54, 1.807) is 0 Å². The van der Waals surface area contributed by atoms with Gasteiger partial charge in [-0.05, 0) is 59.3 Å². The van der Waals surface area contributed by atoms with Gasteiger partial charge in [0.2, 0.25) is 0 Å². The molecule has 2 atom stereocenters. The molecule has 0 aliphatic heterocycles. The van der Waals surface area contributed by atoms with Crippen LogP contribution in [0.15, 0.2) is 0 Å². The Labute approximate surface area is 103 Å². The maximum Gasteiger partial charge on any atom is 0.408 e. The molecule has 2 saturated carbocycles. The second-order valence-electron chi connectivity index (χ2n) is 6.66. The highest BCUT2D eigenvalue weighted by molar-refractivity contribution is 5.69. The number of nitrogens with one attached hydrogen (secondary N) is 1. The molecule has 0 saturated heterocycles. The molecule has 0 aromatic heterocycles. The van der Waals surface area contributed by atoms with Gasteiger partial charge in [-0.3, -0.25) is 0 Å². The van der Waals surface area contributed by atoms with E-state index in [4.69, 9.17) is 4.74 Å². The van der Waals surface area contributed by atoms with Crippen molar-refractivity contribution in [2.24, 2.45) is 0 Å². The van der Waals surface area contributed by atoms with E-state index in [1.807, 2.05) is 20.8 Å². The number of amides is 1. The standard InChI is InChI=1S/C13H23NO3/c1-11(2,3)17-10(15)14-12-5-4-6-13(16,9-12)8-7-12/h16H,4-9H2,1-3H3,(H,14,15). The molecule has 0 radical (unpaired) electrons. The van der Waals surface area contributed by atoms with Crippen LogP contribution in [0.2, 0.25) is 0 Å². The highest BCUT2D eigenvalue weighted by Crippen LogP contribution is 2.47. The first-order valence-electron chi connectivity index (χ1n) is 6.46. The molecule has 98 valence electrons. The van der Waals surface area contributed by atoms with Gasteiger partial charge in [0.15, 0.2) is 0 Å². The van der Waals surface area contributed by atoms with Crippen LogP contribution in [0.4, 0.5) is 4.79 Å². The highest BCUT2D eigenvalue weighted by Gasteiger charge is 2.51. The molecule has 0 spiro atoms. The molecular formula is C13H23NO3. The first-order chi connectivity index (χ1) is 7.72. The van der Waals surface area contributed by atoms with E-state index < -0.39 is 11.2 Å². The van der Waals surface area contributed by atoms with Gasteiger partial charge in [0.05, 0.1) is 5.60 Å². The summed E-state index contributed by atoms with van der Waals surface area (Å²) in [4.78, 5) is 11.8. The summed E-state index contributed by atoms with van der Waals surface area (Å²) in [7, 11) is 0. The zero-order valence-corrected chi connectivity index (χ0v) is 11.0. The summed E-state index contributed by atoms with van der Waals surface area (Å²) in [5, 5.41) is 13.2. The fourth-order valence-corrected chi connectivity index (χ4v) is 3.15. The molecule has 1 amide bonds. The number of hydrogen-bond acceptors (Lipinski definition) is 3. The number of alkyl carbamates (subject to hydrolysis) is 1. The van der Waals surface area contributed by atoms with Crippen LogP contribution in [0, 0.1) is 0 Å². The lowest BCUT2D eigenvalue weighted by molar-refractivity contribution is 0.00521. The van der Waals surface area contributed by atoms with Crippen LogP contribution in [0.25, 0.3) is 0 Å². The molecule has 2 N–H and O–H groups in total.